The van der Waals surface area contributed by atoms with E-state index in [1.165, 1.54) is 0 Å². The van der Waals surface area contributed by atoms with Gasteiger partial charge in [0.1, 0.15) is 5.75 Å². The van der Waals surface area contributed by atoms with Crippen molar-refractivity contribution in [2.24, 2.45) is 11.8 Å². The molecule has 1 aromatic rings. The molecule has 1 saturated carbocycles. The fourth-order valence-corrected chi connectivity index (χ4v) is 4.68. The van der Waals surface area contributed by atoms with Gasteiger partial charge in [-0.05, 0) is 50.3 Å². The third kappa shape index (κ3) is 4.29. The molecule has 0 spiro atoms. The molecule has 1 N–H and O–H groups in total. The Labute approximate surface area is 170 Å². The van der Waals surface area contributed by atoms with Gasteiger partial charge in [-0.3, -0.25) is 14.4 Å². The van der Waals surface area contributed by atoms with E-state index in [4.69, 9.17) is 9.47 Å². The fourth-order valence-electron chi connectivity index (χ4n) is 4.68. The molecule has 0 aromatic heterocycles. The van der Waals surface area contributed by atoms with Crippen LogP contribution in [0, 0.1) is 11.8 Å². The molecule has 2 atom stereocenters. The Morgan fingerprint density at radius 2 is 1.93 bits per heavy atom. The molecular weight excluding hydrogens is 372 g/mol. The second-order valence-corrected chi connectivity index (χ2v) is 8.23. The van der Waals surface area contributed by atoms with Gasteiger partial charge in [0.25, 0.3) is 5.91 Å². The zero-order valence-corrected chi connectivity index (χ0v) is 16.8. The van der Waals surface area contributed by atoms with Crippen LogP contribution in [0.5, 0.6) is 5.75 Å². The van der Waals surface area contributed by atoms with Crippen LogP contribution in [0.2, 0.25) is 0 Å². The SMILES string of the molecule is COC1CCCC(C(=O)N2CCC(C(=O)c3ccc4c(c3)NC(=O)CO4)CC2)C1. The number of fused-ring (bicyclic) bond motifs is 1. The molecule has 1 aromatic carbocycles. The van der Waals surface area contributed by atoms with Gasteiger partial charge in [0.05, 0.1) is 11.8 Å². The lowest BCUT2D eigenvalue weighted by Gasteiger charge is -2.36. The molecule has 2 fully saturated rings. The minimum absolute atomic E-state index is 0.00109. The molecule has 2 amide bonds. The van der Waals surface area contributed by atoms with Crippen LogP contribution in [0.1, 0.15) is 48.9 Å². The highest BCUT2D eigenvalue weighted by Crippen LogP contribution is 2.32. The molecule has 4 rings (SSSR count). The number of Topliss-reactive ketones (excluding diaryl/α,β-unsaturated/α-hetero) is 1. The summed E-state index contributed by atoms with van der Waals surface area (Å²) < 4.78 is 10.8. The van der Waals surface area contributed by atoms with E-state index in [-0.39, 0.29) is 42.1 Å². The first kappa shape index (κ1) is 19.9. The van der Waals surface area contributed by atoms with Crippen molar-refractivity contribution in [3.05, 3.63) is 23.8 Å². The molecule has 7 nitrogen and oxygen atoms in total. The zero-order valence-electron chi connectivity index (χ0n) is 16.8. The Morgan fingerprint density at radius 3 is 2.69 bits per heavy atom. The van der Waals surface area contributed by atoms with E-state index < -0.39 is 0 Å². The van der Waals surface area contributed by atoms with E-state index in [0.29, 0.717) is 42.9 Å². The van der Waals surface area contributed by atoms with Crippen LogP contribution in [-0.4, -0.2) is 55.4 Å². The second kappa shape index (κ2) is 8.53. The number of carbonyl (C=O) groups is 3. The Bertz CT molecular complexity index is 800. The first-order valence-electron chi connectivity index (χ1n) is 10.5. The van der Waals surface area contributed by atoms with Crippen LogP contribution < -0.4 is 10.1 Å². The number of benzene rings is 1. The molecule has 3 aliphatic rings. The number of methoxy groups -OCH3 is 1. The zero-order chi connectivity index (χ0) is 20.4. The van der Waals surface area contributed by atoms with E-state index >= 15 is 0 Å². The Hall–Kier alpha value is -2.41. The Kier molecular flexibility index (Phi) is 5.85. The van der Waals surface area contributed by atoms with Gasteiger partial charge in [-0.15, -0.1) is 0 Å². The van der Waals surface area contributed by atoms with Gasteiger partial charge in [-0.1, -0.05) is 6.42 Å². The highest BCUT2D eigenvalue weighted by Gasteiger charge is 2.34. The van der Waals surface area contributed by atoms with Gasteiger partial charge in [0.2, 0.25) is 5.91 Å². The maximum Gasteiger partial charge on any atom is 0.262 e. The van der Waals surface area contributed by atoms with E-state index in [2.05, 4.69) is 5.32 Å². The van der Waals surface area contributed by atoms with Crippen molar-refractivity contribution in [3.63, 3.8) is 0 Å². The summed E-state index contributed by atoms with van der Waals surface area (Å²) in [5.41, 5.74) is 1.12. The van der Waals surface area contributed by atoms with Crippen LogP contribution in [0.25, 0.3) is 0 Å². The molecule has 2 aliphatic heterocycles. The van der Waals surface area contributed by atoms with Gasteiger partial charge in [0, 0.05) is 37.6 Å². The first-order valence-corrected chi connectivity index (χ1v) is 10.5. The minimum Gasteiger partial charge on any atom is -0.482 e. The number of likely N-dealkylation sites (tertiary alicyclic amines) is 1. The van der Waals surface area contributed by atoms with Gasteiger partial charge in [0.15, 0.2) is 12.4 Å². The number of amides is 2. The quantitative estimate of drug-likeness (QED) is 0.786. The standard InChI is InChI=1S/C22H28N2O5/c1-28-17-4-2-3-16(11-17)22(27)24-9-7-14(8-10-24)21(26)15-5-6-19-18(12-15)23-20(25)13-29-19/h5-6,12,14,16-17H,2-4,7-11,13H2,1H3,(H,23,25). The maximum atomic E-state index is 13.0. The maximum absolute atomic E-state index is 13.0. The second-order valence-electron chi connectivity index (χ2n) is 8.23. The molecule has 2 heterocycles. The molecule has 7 heteroatoms. The summed E-state index contributed by atoms with van der Waals surface area (Å²) in [5, 5.41) is 2.75. The Balaban J connectivity index is 1.35. The van der Waals surface area contributed by atoms with Crippen LogP contribution in [0.4, 0.5) is 5.69 Å². The van der Waals surface area contributed by atoms with Crippen molar-refractivity contribution in [2.75, 3.05) is 32.1 Å². The number of nitrogens with zero attached hydrogens (tertiary/aromatic N) is 1. The normalized spacial score (nSPS) is 25.0. The number of hydrogen-bond donors (Lipinski definition) is 1. The van der Waals surface area contributed by atoms with Crippen molar-refractivity contribution in [2.45, 2.75) is 44.6 Å². The highest BCUT2D eigenvalue weighted by molar-refractivity contribution is 6.01. The third-order valence-corrected chi connectivity index (χ3v) is 6.38. The summed E-state index contributed by atoms with van der Waals surface area (Å²) in [4.78, 5) is 39.3. The lowest BCUT2D eigenvalue weighted by atomic mass is 9.84. The summed E-state index contributed by atoms with van der Waals surface area (Å²) in [7, 11) is 1.72. The van der Waals surface area contributed by atoms with E-state index in [1.807, 2.05) is 4.90 Å². The molecule has 2 unspecified atom stereocenters. The molecule has 156 valence electrons. The molecule has 0 bridgehead atoms. The van der Waals surface area contributed by atoms with E-state index in [1.54, 1.807) is 25.3 Å². The van der Waals surface area contributed by atoms with Crippen molar-refractivity contribution < 1.29 is 23.9 Å². The number of ether oxygens (including phenoxy) is 2. The molecular formula is C22H28N2O5. The number of ketones is 1. The average Bonchev–Trinajstić information content (AvgIpc) is 2.77. The molecule has 1 saturated heterocycles. The van der Waals surface area contributed by atoms with Crippen molar-refractivity contribution in [1.29, 1.82) is 0 Å². The fraction of sp³-hybridized carbons (Fsp3) is 0.591. The number of nitrogens with one attached hydrogen (secondary N) is 1. The van der Waals surface area contributed by atoms with Crippen LogP contribution in [-0.2, 0) is 14.3 Å². The van der Waals surface area contributed by atoms with Gasteiger partial charge in [-0.2, -0.15) is 0 Å². The third-order valence-electron chi connectivity index (χ3n) is 6.38. The largest absolute Gasteiger partial charge is 0.482 e. The van der Waals surface area contributed by atoms with E-state index in [0.717, 1.165) is 25.7 Å². The molecule has 0 radical (unpaired) electrons. The van der Waals surface area contributed by atoms with Gasteiger partial charge < -0.3 is 19.7 Å². The number of carbonyl (C=O) groups excluding carboxylic acids is 3. The van der Waals surface area contributed by atoms with Gasteiger partial charge in [-0.25, -0.2) is 0 Å². The first-order chi connectivity index (χ1) is 14.0. The minimum atomic E-state index is -0.215. The highest BCUT2D eigenvalue weighted by atomic mass is 16.5. The molecule has 29 heavy (non-hydrogen) atoms. The van der Waals surface area contributed by atoms with Gasteiger partial charge >= 0.3 is 0 Å². The van der Waals surface area contributed by atoms with E-state index in [9.17, 15) is 14.4 Å². The number of rotatable bonds is 4. The predicted molar refractivity (Wildman–Crippen MR) is 107 cm³/mol. The monoisotopic (exact) mass is 400 g/mol. The van der Waals surface area contributed by atoms with Crippen LogP contribution in [0.3, 0.4) is 0 Å². The lowest BCUT2D eigenvalue weighted by molar-refractivity contribution is -0.139. The lowest BCUT2D eigenvalue weighted by Crippen LogP contribution is -2.44. The smallest absolute Gasteiger partial charge is 0.262 e. The Morgan fingerprint density at radius 1 is 1.14 bits per heavy atom. The topological polar surface area (TPSA) is 84.9 Å². The van der Waals surface area contributed by atoms with Crippen molar-refractivity contribution in [3.8, 4) is 5.75 Å². The summed E-state index contributed by atoms with van der Waals surface area (Å²) in [6.45, 7) is 1.24. The van der Waals surface area contributed by atoms with Crippen LogP contribution in [0.15, 0.2) is 18.2 Å². The predicted octanol–water partition coefficient (Wildman–Crippen LogP) is 2.64. The van der Waals surface area contributed by atoms with Crippen LogP contribution >= 0.6 is 0 Å². The summed E-state index contributed by atoms with van der Waals surface area (Å²) in [5.74, 6) is 0.597. The summed E-state index contributed by atoms with van der Waals surface area (Å²) in [6.07, 6.45) is 5.32. The number of anilines is 1. The number of piperidine rings is 1. The van der Waals surface area contributed by atoms with Crippen molar-refractivity contribution >= 4 is 23.3 Å². The summed E-state index contributed by atoms with van der Waals surface area (Å²) in [6, 6.07) is 5.18. The number of hydrogen-bond acceptors (Lipinski definition) is 5. The summed E-state index contributed by atoms with van der Waals surface area (Å²) >= 11 is 0. The van der Waals surface area contributed by atoms with Crippen molar-refractivity contribution in [1.82, 2.24) is 4.90 Å². The molecule has 1 aliphatic carbocycles. The average molecular weight is 400 g/mol.